The van der Waals surface area contributed by atoms with Crippen LogP contribution in [0.25, 0.3) is 5.69 Å². The molecule has 0 fully saturated rings. The number of ether oxygens (including phenoxy) is 1. The van der Waals surface area contributed by atoms with E-state index < -0.39 is 0 Å². The van der Waals surface area contributed by atoms with Gasteiger partial charge >= 0.3 is 0 Å². The van der Waals surface area contributed by atoms with Crippen molar-refractivity contribution in [1.29, 1.82) is 0 Å². The highest BCUT2D eigenvalue weighted by Gasteiger charge is 2.01. The van der Waals surface area contributed by atoms with Gasteiger partial charge < -0.3 is 4.74 Å². The molecule has 84 valence electrons. The van der Waals surface area contributed by atoms with Gasteiger partial charge in [-0.3, -0.25) is 0 Å². The molecule has 0 N–H and O–H groups in total. The minimum absolute atomic E-state index is 0.677. The molecule has 0 atom stereocenters. The van der Waals surface area contributed by atoms with Crippen molar-refractivity contribution < 1.29 is 4.74 Å². The van der Waals surface area contributed by atoms with Crippen LogP contribution in [0.2, 0.25) is 0 Å². The number of alkyl halides is 1. The quantitative estimate of drug-likeness (QED) is 0.809. The van der Waals surface area contributed by atoms with Gasteiger partial charge in [0.1, 0.15) is 5.75 Å². The Morgan fingerprint density at radius 1 is 1.31 bits per heavy atom. The second kappa shape index (κ2) is 5.12. The second-order valence-electron chi connectivity index (χ2n) is 3.21. The number of aromatic nitrogens is 3. The molecule has 0 aliphatic heterocycles. The summed E-state index contributed by atoms with van der Waals surface area (Å²) in [5.41, 5.74) is 1.89. The number of benzene rings is 1. The lowest BCUT2D eigenvalue weighted by molar-refractivity contribution is 0.340. The van der Waals surface area contributed by atoms with E-state index in [4.69, 9.17) is 4.74 Å². The third kappa shape index (κ3) is 2.41. The predicted octanol–water partition coefficient (Wildman–Crippen LogP) is 2.56. The van der Waals surface area contributed by atoms with Crippen molar-refractivity contribution in [3.63, 3.8) is 0 Å². The van der Waals surface area contributed by atoms with E-state index in [2.05, 4.69) is 26.2 Å². The van der Waals surface area contributed by atoms with Gasteiger partial charge in [0.15, 0.2) is 0 Å². The number of hydrogen-bond donors (Lipinski definition) is 0. The first kappa shape index (κ1) is 11.1. The van der Waals surface area contributed by atoms with Crippen molar-refractivity contribution in [2.24, 2.45) is 0 Å². The molecule has 1 aromatic carbocycles. The maximum absolute atomic E-state index is 5.37. The number of rotatable bonds is 4. The Bertz CT molecular complexity index is 453. The molecule has 0 unspecified atom stereocenters. The molecule has 0 amide bonds. The summed E-state index contributed by atoms with van der Waals surface area (Å²) in [5, 5.41) is 8.75. The highest BCUT2D eigenvalue weighted by molar-refractivity contribution is 9.08. The lowest BCUT2D eigenvalue weighted by Crippen LogP contribution is -1.96. The standard InChI is InChI=1S/C11H12BrN3O/c1-2-16-11-5-3-10(4-6-11)15-8-9(7-12)13-14-15/h3-6,8H,2,7H2,1H3. The van der Waals surface area contributed by atoms with Crippen LogP contribution in [0.5, 0.6) is 5.75 Å². The van der Waals surface area contributed by atoms with E-state index in [-0.39, 0.29) is 0 Å². The Morgan fingerprint density at radius 3 is 2.62 bits per heavy atom. The maximum atomic E-state index is 5.37. The summed E-state index contributed by atoms with van der Waals surface area (Å²) in [4.78, 5) is 0. The summed E-state index contributed by atoms with van der Waals surface area (Å²) in [6.07, 6.45) is 1.89. The van der Waals surface area contributed by atoms with E-state index in [0.29, 0.717) is 11.9 Å². The zero-order chi connectivity index (χ0) is 11.4. The molecule has 2 aromatic rings. The number of nitrogens with zero attached hydrogens (tertiary/aromatic N) is 3. The summed E-state index contributed by atoms with van der Waals surface area (Å²) in [6.45, 7) is 2.64. The summed E-state index contributed by atoms with van der Waals surface area (Å²) in [5.74, 6) is 0.868. The van der Waals surface area contributed by atoms with Gasteiger partial charge in [0.2, 0.25) is 0 Å². The number of halogens is 1. The van der Waals surface area contributed by atoms with E-state index in [1.54, 1.807) is 4.68 Å². The van der Waals surface area contributed by atoms with Gasteiger partial charge in [0, 0.05) is 5.33 Å². The Labute approximate surface area is 102 Å². The fraction of sp³-hybridized carbons (Fsp3) is 0.273. The first-order valence-corrected chi connectivity index (χ1v) is 6.16. The Morgan fingerprint density at radius 2 is 2.06 bits per heavy atom. The van der Waals surface area contributed by atoms with Gasteiger partial charge in [0.25, 0.3) is 0 Å². The fourth-order valence-corrected chi connectivity index (χ4v) is 1.60. The first-order chi connectivity index (χ1) is 7.83. The zero-order valence-corrected chi connectivity index (χ0v) is 10.5. The van der Waals surface area contributed by atoms with Crippen LogP contribution in [0.1, 0.15) is 12.6 Å². The van der Waals surface area contributed by atoms with E-state index >= 15 is 0 Å². The molecule has 0 saturated carbocycles. The normalized spacial score (nSPS) is 10.4. The number of hydrogen-bond acceptors (Lipinski definition) is 3. The molecule has 5 heteroatoms. The molecule has 1 aromatic heterocycles. The molecule has 0 aliphatic rings. The SMILES string of the molecule is CCOc1ccc(-n2cc(CBr)nn2)cc1. The van der Waals surface area contributed by atoms with Gasteiger partial charge in [-0.05, 0) is 31.2 Å². The van der Waals surface area contributed by atoms with Crippen molar-refractivity contribution in [2.75, 3.05) is 6.61 Å². The van der Waals surface area contributed by atoms with Crippen molar-refractivity contribution in [3.8, 4) is 11.4 Å². The molecule has 16 heavy (non-hydrogen) atoms. The fourth-order valence-electron chi connectivity index (χ4n) is 1.35. The van der Waals surface area contributed by atoms with Crippen LogP contribution in [-0.4, -0.2) is 21.6 Å². The average Bonchev–Trinajstić information content (AvgIpc) is 2.79. The smallest absolute Gasteiger partial charge is 0.119 e. The van der Waals surface area contributed by atoms with Gasteiger partial charge in [0.05, 0.1) is 24.2 Å². The molecule has 0 aliphatic carbocycles. The van der Waals surface area contributed by atoms with Crippen LogP contribution >= 0.6 is 15.9 Å². The topological polar surface area (TPSA) is 39.9 Å². The Hall–Kier alpha value is -1.36. The van der Waals surface area contributed by atoms with Crippen LogP contribution in [-0.2, 0) is 5.33 Å². The van der Waals surface area contributed by atoms with E-state index in [0.717, 1.165) is 17.1 Å². The lowest BCUT2D eigenvalue weighted by Gasteiger charge is -2.04. The second-order valence-corrected chi connectivity index (χ2v) is 3.78. The van der Waals surface area contributed by atoms with Crippen molar-refractivity contribution in [1.82, 2.24) is 15.0 Å². The van der Waals surface area contributed by atoms with E-state index in [9.17, 15) is 0 Å². The molecule has 4 nitrogen and oxygen atoms in total. The van der Waals surface area contributed by atoms with Gasteiger partial charge in [-0.2, -0.15) is 0 Å². The molecule has 0 saturated heterocycles. The minimum Gasteiger partial charge on any atom is -0.494 e. The molecule has 0 radical (unpaired) electrons. The summed E-state index contributed by atoms with van der Waals surface area (Å²) < 4.78 is 7.11. The summed E-state index contributed by atoms with van der Waals surface area (Å²) in [6, 6.07) is 7.76. The lowest BCUT2D eigenvalue weighted by atomic mass is 10.3. The van der Waals surface area contributed by atoms with Gasteiger partial charge in [-0.1, -0.05) is 21.1 Å². The van der Waals surface area contributed by atoms with Crippen LogP contribution in [0, 0.1) is 0 Å². The van der Waals surface area contributed by atoms with Crippen LogP contribution in [0.3, 0.4) is 0 Å². The van der Waals surface area contributed by atoms with E-state index in [1.807, 2.05) is 37.4 Å². The Kier molecular flexibility index (Phi) is 3.56. The average molecular weight is 282 g/mol. The predicted molar refractivity (Wildman–Crippen MR) is 65.2 cm³/mol. The summed E-state index contributed by atoms with van der Waals surface area (Å²) in [7, 11) is 0. The molecule has 0 bridgehead atoms. The molecular formula is C11H12BrN3O. The van der Waals surface area contributed by atoms with Crippen molar-refractivity contribution >= 4 is 15.9 Å². The zero-order valence-electron chi connectivity index (χ0n) is 8.93. The highest BCUT2D eigenvalue weighted by Crippen LogP contribution is 2.15. The van der Waals surface area contributed by atoms with Crippen LogP contribution < -0.4 is 4.74 Å². The van der Waals surface area contributed by atoms with E-state index in [1.165, 1.54) is 0 Å². The van der Waals surface area contributed by atoms with Crippen LogP contribution in [0.15, 0.2) is 30.5 Å². The van der Waals surface area contributed by atoms with Gasteiger partial charge in [-0.15, -0.1) is 5.10 Å². The molecule has 1 heterocycles. The van der Waals surface area contributed by atoms with Crippen LogP contribution in [0.4, 0.5) is 0 Å². The molecule has 2 rings (SSSR count). The maximum Gasteiger partial charge on any atom is 0.119 e. The monoisotopic (exact) mass is 281 g/mol. The third-order valence-electron chi connectivity index (χ3n) is 2.09. The Balaban J connectivity index is 2.20. The minimum atomic E-state index is 0.677. The highest BCUT2D eigenvalue weighted by atomic mass is 79.9. The summed E-state index contributed by atoms with van der Waals surface area (Å²) >= 11 is 3.34. The first-order valence-electron chi connectivity index (χ1n) is 5.04. The third-order valence-corrected chi connectivity index (χ3v) is 2.66. The van der Waals surface area contributed by atoms with Crippen molar-refractivity contribution in [3.05, 3.63) is 36.2 Å². The van der Waals surface area contributed by atoms with Crippen molar-refractivity contribution in [2.45, 2.75) is 12.3 Å². The molecular weight excluding hydrogens is 270 g/mol. The van der Waals surface area contributed by atoms with Gasteiger partial charge in [-0.25, -0.2) is 4.68 Å². The largest absolute Gasteiger partial charge is 0.494 e. The molecule has 0 spiro atoms.